The second kappa shape index (κ2) is 8.90. The van der Waals surface area contributed by atoms with Crippen molar-refractivity contribution in [2.45, 2.75) is 13.0 Å². The number of fused-ring (bicyclic) bond motifs is 4. The summed E-state index contributed by atoms with van der Waals surface area (Å²) < 4.78 is 8.20. The third kappa shape index (κ3) is 3.97. The predicted octanol–water partition coefficient (Wildman–Crippen LogP) is 4.52. The van der Waals surface area contributed by atoms with Crippen molar-refractivity contribution < 1.29 is 4.74 Å². The van der Waals surface area contributed by atoms with E-state index in [1.54, 1.807) is 36.1 Å². The van der Waals surface area contributed by atoms with E-state index in [4.69, 9.17) is 37.9 Å². The average molecular weight is 481 g/mol. The van der Waals surface area contributed by atoms with E-state index in [0.717, 1.165) is 5.56 Å². The molecule has 10 heteroatoms. The van der Waals surface area contributed by atoms with Gasteiger partial charge in [0.25, 0.3) is 5.56 Å². The smallest absolute Gasteiger partial charge is 0.265 e. The fourth-order valence-corrected chi connectivity index (χ4v) is 3.93. The molecule has 166 valence electrons. The van der Waals surface area contributed by atoms with Gasteiger partial charge in [-0.05, 0) is 36.2 Å². The highest BCUT2D eigenvalue weighted by Gasteiger charge is 2.19. The minimum absolute atomic E-state index is 0.200. The lowest BCUT2D eigenvalue weighted by molar-refractivity contribution is 0.190. The Kier molecular flexibility index (Phi) is 5.80. The summed E-state index contributed by atoms with van der Waals surface area (Å²) in [6.45, 7) is 1.03. The molecule has 0 aliphatic carbocycles. The Labute approximate surface area is 198 Å². The largest absolute Gasteiger partial charge is 0.385 e. The van der Waals surface area contributed by atoms with Gasteiger partial charge < -0.3 is 4.74 Å². The van der Waals surface area contributed by atoms with Crippen molar-refractivity contribution in [2.75, 3.05) is 13.7 Å². The molecule has 3 aromatic heterocycles. The lowest BCUT2D eigenvalue weighted by Gasteiger charge is -2.05. The van der Waals surface area contributed by atoms with Crippen LogP contribution in [0.15, 0.2) is 58.7 Å². The maximum absolute atomic E-state index is 13.4. The zero-order valence-electron chi connectivity index (χ0n) is 17.6. The van der Waals surface area contributed by atoms with Crippen molar-refractivity contribution in [3.05, 3.63) is 74.8 Å². The molecule has 0 aliphatic rings. The predicted molar refractivity (Wildman–Crippen MR) is 131 cm³/mol. The van der Waals surface area contributed by atoms with Crippen LogP contribution in [0, 0.1) is 0 Å². The number of halogens is 2. The molecule has 0 radical (unpaired) electrons. The highest BCUT2D eigenvalue weighted by Crippen LogP contribution is 2.25. The Hall–Kier alpha value is -3.33. The van der Waals surface area contributed by atoms with E-state index in [1.807, 2.05) is 24.3 Å². The summed E-state index contributed by atoms with van der Waals surface area (Å²) >= 11 is 12.1. The van der Waals surface area contributed by atoms with Crippen LogP contribution >= 0.6 is 23.2 Å². The monoisotopic (exact) mass is 480 g/mol. The summed E-state index contributed by atoms with van der Waals surface area (Å²) in [4.78, 5) is 27.4. The molecule has 0 unspecified atom stereocenters. The van der Waals surface area contributed by atoms with Crippen LogP contribution in [0.3, 0.4) is 0 Å². The lowest BCUT2D eigenvalue weighted by atomic mass is 10.2. The van der Waals surface area contributed by atoms with E-state index >= 15 is 0 Å². The zero-order chi connectivity index (χ0) is 22.9. The van der Waals surface area contributed by atoms with E-state index in [9.17, 15) is 4.79 Å². The third-order valence-corrected chi connectivity index (χ3v) is 5.96. The van der Waals surface area contributed by atoms with Crippen molar-refractivity contribution in [3.8, 4) is 0 Å². The molecule has 5 rings (SSSR count). The molecule has 0 saturated heterocycles. The van der Waals surface area contributed by atoms with Gasteiger partial charge in [0, 0.05) is 20.3 Å². The molecule has 0 atom stereocenters. The second-order valence-corrected chi connectivity index (χ2v) is 8.22. The van der Waals surface area contributed by atoms with Crippen molar-refractivity contribution >= 4 is 62.6 Å². The van der Waals surface area contributed by atoms with E-state index in [2.05, 4.69) is 10.1 Å². The number of aryl methyl sites for hydroxylation is 1. The number of aromatic nitrogens is 5. The van der Waals surface area contributed by atoms with Gasteiger partial charge in [0.15, 0.2) is 11.3 Å². The molecule has 0 fully saturated rings. The number of nitrogens with zero attached hydrogens (tertiary/aromatic N) is 6. The molecule has 0 bridgehead atoms. The Balaban J connectivity index is 1.74. The van der Waals surface area contributed by atoms with Gasteiger partial charge in [-0.3, -0.25) is 9.36 Å². The Morgan fingerprint density at radius 3 is 2.61 bits per heavy atom. The maximum Gasteiger partial charge on any atom is 0.265 e. The van der Waals surface area contributed by atoms with Gasteiger partial charge in [-0.2, -0.15) is 9.78 Å². The van der Waals surface area contributed by atoms with E-state index in [1.165, 1.54) is 11.0 Å². The number of methoxy groups -OCH3 is 1. The molecule has 3 heterocycles. The average Bonchev–Trinajstić information content (AvgIpc) is 3.13. The summed E-state index contributed by atoms with van der Waals surface area (Å²) in [5.41, 5.74) is 3.19. The molecular weight excluding hydrogens is 463 g/mol. The Bertz CT molecular complexity index is 1590. The highest BCUT2D eigenvalue weighted by atomic mass is 35.5. The van der Waals surface area contributed by atoms with Crippen molar-refractivity contribution in [3.63, 3.8) is 0 Å². The van der Waals surface area contributed by atoms with Crippen LogP contribution in [-0.4, -0.2) is 44.1 Å². The van der Waals surface area contributed by atoms with Crippen LogP contribution in [0.2, 0.25) is 10.0 Å². The first kappa shape index (κ1) is 21.5. The molecule has 33 heavy (non-hydrogen) atoms. The van der Waals surface area contributed by atoms with Gasteiger partial charge in [-0.15, -0.1) is 0 Å². The molecule has 0 N–H and O–H groups in total. The topological polar surface area (TPSA) is 87.2 Å². The van der Waals surface area contributed by atoms with Crippen molar-refractivity contribution in [1.82, 2.24) is 24.2 Å². The van der Waals surface area contributed by atoms with Gasteiger partial charge in [-0.1, -0.05) is 41.4 Å². The normalized spacial score (nSPS) is 12.0. The molecule has 0 spiro atoms. The summed E-state index contributed by atoms with van der Waals surface area (Å²) in [5, 5.41) is 5.82. The van der Waals surface area contributed by atoms with Gasteiger partial charge >= 0.3 is 0 Å². The second-order valence-electron chi connectivity index (χ2n) is 7.40. The number of hydrogen-bond donors (Lipinski definition) is 0. The Morgan fingerprint density at radius 2 is 1.85 bits per heavy atom. The van der Waals surface area contributed by atoms with E-state index in [-0.39, 0.29) is 5.56 Å². The fraction of sp³-hybridized carbons (Fsp3) is 0.174. The molecule has 0 amide bonds. The SMILES string of the molecule is COCCCn1cnc2c(c1=O)c1nc3ccccc3nc1n2N=Cc1ccc(Cl)c(Cl)c1. The fourth-order valence-electron chi connectivity index (χ4n) is 3.62. The van der Waals surface area contributed by atoms with Crippen LogP contribution in [0.25, 0.3) is 33.2 Å². The first-order valence-electron chi connectivity index (χ1n) is 10.2. The first-order chi connectivity index (χ1) is 16.1. The van der Waals surface area contributed by atoms with Crippen LogP contribution in [0.5, 0.6) is 0 Å². The summed E-state index contributed by atoms with van der Waals surface area (Å²) in [7, 11) is 1.63. The number of hydrogen-bond acceptors (Lipinski definition) is 6. The minimum Gasteiger partial charge on any atom is -0.385 e. The number of ether oxygens (including phenoxy) is 1. The van der Waals surface area contributed by atoms with E-state index in [0.29, 0.717) is 62.8 Å². The molecule has 5 aromatic rings. The zero-order valence-corrected chi connectivity index (χ0v) is 19.1. The molecular formula is C23H18Cl2N6O2. The molecule has 0 saturated carbocycles. The molecule has 2 aromatic carbocycles. The van der Waals surface area contributed by atoms with Gasteiger partial charge in [-0.25, -0.2) is 15.0 Å². The quantitative estimate of drug-likeness (QED) is 0.263. The number of para-hydroxylation sites is 2. The van der Waals surface area contributed by atoms with Crippen LogP contribution in [-0.2, 0) is 11.3 Å². The summed E-state index contributed by atoms with van der Waals surface area (Å²) in [5.74, 6) is 0. The number of benzene rings is 2. The van der Waals surface area contributed by atoms with E-state index < -0.39 is 0 Å². The lowest BCUT2D eigenvalue weighted by Crippen LogP contribution is -2.21. The maximum atomic E-state index is 13.4. The minimum atomic E-state index is -0.200. The summed E-state index contributed by atoms with van der Waals surface area (Å²) in [6, 6.07) is 12.7. The van der Waals surface area contributed by atoms with Crippen LogP contribution in [0.1, 0.15) is 12.0 Å². The van der Waals surface area contributed by atoms with Crippen LogP contribution < -0.4 is 5.56 Å². The molecule has 8 nitrogen and oxygen atoms in total. The standard InChI is InChI=1S/C23H18Cl2N6O2/c1-33-10-4-9-30-13-26-21-19(23(30)32)20-22(29-18-6-3-2-5-17(18)28-20)31(21)27-12-14-7-8-15(24)16(25)11-14/h2-3,5-8,11-13H,4,9-10H2,1H3. The molecule has 0 aliphatic heterocycles. The first-order valence-corrected chi connectivity index (χ1v) is 11.0. The highest BCUT2D eigenvalue weighted by molar-refractivity contribution is 6.42. The Morgan fingerprint density at radius 1 is 1.06 bits per heavy atom. The van der Waals surface area contributed by atoms with Gasteiger partial charge in [0.05, 0.1) is 33.6 Å². The van der Waals surface area contributed by atoms with Gasteiger partial charge in [0.2, 0.25) is 0 Å². The number of rotatable bonds is 6. The van der Waals surface area contributed by atoms with Crippen molar-refractivity contribution in [2.24, 2.45) is 5.10 Å². The van der Waals surface area contributed by atoms with Crippen LogP contribution in [0.4, 0.5) is 0 Å². The summed E-state index contributed by atoms with van der Waals surface area (Å²) in [6.07, 6.45) is 3.82. The van der Waals surface area contributed by atoms with Gasteiger partial charge in [0.1, 0.15) is 10.9 Å². The van der Waals surface area contributed by atoms with Crippen molar-refractivity contribution in [1.29, 1.82) is 0 Å². The third-order valence-electron chi connectivity index (χ3n) is 5.22.